The topological polar surface area (TPSA) is 18.5 Å². The zero-order valence-electron chi connectivity index (χ0n) is 9.71. The highest BCUT2D eigenvalue weighted by Gasteiger charge is 2.11. The van der Waals surface area contributed by atoms with Gasteiger partial charge in [-0.15, -0.1) is 12.3 Å². The highest BCUT2D eigenvalue weighted by Crippen LogP contribution is 2.34. The molecule has 3 heteroatoms. The largest absolute Gasteiger partial charge is 0.493 e. The first kappa shape index (κ1) is 12.9. The minimum Gasteiger partial charge on any atom is -0.493 e. The molecule has 0 radical (unpaired) electrons. The molecule has 0 spiro atoms. The van der Waals surface area contributed by atoms with Crippen LogP contribution < -0.4 is 9.47 Å². The minimum atomic E-state index is 0.203. The number of methoxy groups -OCH3 is 2. The lowest BCUT2D eigenvalue weighted by Gasteiger charge is -2.12. The monoisotopic (exact) mass is 282 g/mol. The van der Waals surface area contributed by atoms with E-state index in [2.05, 4.69) is 21.9 Å². The lowest BCUT2D eigenvalue weighted by atomic mass is 10.0. The smallest absolute Gasteiger partial charge is 0.161 e. The molecule has 16 heavy (non-hydrogen) atoms. The molecule has 1 unspecified atom stereocenters. The van der Waals surface area contributed by atoms with Crippen molar-refractivity contribution in [3.63, 3.8) is 0 Å². The standard InChI is InChI=1S/C13H15BrO2/c1-5-9(2)6-10-7-12(15-3)13(16-4)8-11(10)14/h1,7-9H,6H2,2-4H3. The third-order valence-corrected chi connectivity index (χ3v) is 3.10. The predicted molar refractivity (Wildman–Crippen MR) is 68.9 cm³/mol. The molecule has 0 fully saturated rings. The number of benzene rings is 1. The van der Waals surface area contributed by atoms with Crippen LogP contribution >= 0.6 is 15.9 Å². The molecule has 0 aliphatic rings. The van der Waals surface area contributed by atoms with E-state index in [9.17, 15) is 0 Å². The molecule has 0 aliphatic carbocycles. The summed E-state index contributed by atoms with van der Waals surface area (Å²) in [5.41, 5.74) is 1.13. The van der Waals surface area contributed by atoms with E-state index in [-0.39, 0.29) is 5.92 Å². The highest BCUT2D eigenvalue weighted by atomic mass is 79.9. The van der Waals surface area contributed by atoms with Crippen molar-refractivity contribution in [1.82, 2.24) is 0 Å². The Labute approximate surface area is 105 Å². The average molecular weight is 283 g/mol. The summed E-state index contributed by atoms with van der Waals surface area (Å²) in [4.78, 5) is 0. The molecule has 0 aliphatic heterocycles. The zero-order valence-corrected chi connectivity index (χ0v) is 11.3. The van der Waals surface area contributed by atoms with Gasteiger partial charge in [0.25, 0.3) is 0 Å². The van der Waals surface area contributed by atoms with Crippen molar-refractivity contribution in [2.24, 2.45) is 5.92 Å². The maximum atomic E-state index is 5.38. The Morgan fingerprint density at radius 3 is 2.38 bits per heavy atom. The maximum Gasteiger partial charge on any atom is 0.161 e. The number of rotatable bonds is 4. The molecule has 0 saturated carbocycles. The van der Waals surface area contributed by atoms with Crippen LogP contribution in [-0.4, -0.2) is 14.2 Å². The number of terminal acetylenes is 1. The summed E-state index contributed by atoms with van der Waals surface area (Å²) in [5, 5.41) is 0. The molecule has 0 aromatic heterocycles. The third-order valence-electron chi connectivity index (χ3n) is 2.36. The van der Waals surface area contributed by atoms with Crippen LogP contribution in [0.5, 0.6) is 11.5 Å². The summed E-state index contributed by atoms with van der Waals surface area (Å²) in [5.74, 6) is 4.36. The first-order chi connectivity index (χ1) is 7.62. The summed E-state index contributed by atoms with van der Waals surface area (Å²) >= 11 is 3.50. The van der Waals surface area contributed by atoms with Gasteiger partial charge in [-0.05, 0) is 24.1 Å². The number of hydrogen-bond donors (Lipinski definition) is 0. The van der Waals surface area contributed by atoms with Crippen molar-refractivity contribution >= 4 is 15.9 Å². The fourth-order valence-electron chi connectivity index (χ4n) is 1.44. The van der Waals surface area contributed by atoms with Gasteiger partial charge in [0.05, 0.1) is 14.2 Å². The lowest BCUT2D eigenvalue weighted by Crippen LogP contribution is -1.99. The van der Waals surface area contributed by atoms with Crippen molar-refractivity contribution in [3.8, 4) is 23.8 Å². The van der Waals surface area contributed by atoms with E-state index in [1.165, 1.54) is 0 Å². The first-order valence-corrected chi connectivity index (χ1v) is 5.78. The Morgan fingerprint density at radius 2 is 1.88 bits per heavy atom. The van der Waals surface area contributed by atoms with Crippen molar-refractivity contribution in [1.29, 1.82) is 0 Å². The van der Waals surface area contributed by atoms with Crippen molar-refractivity contribution in [2.45, 2.75) is 13.3 Å². The SMILES string of the molecule is C#CC(C)Cc1cc(OC)c(OC)cc1Br. The van der Waals surface area contributed by atoms with E-state index >= 15 is 0 Å². The molecule has 0 N–H and O–H groups in total. The lowest BCUT2D eigenvalue weighted by molar-refractivity contribution is 0.354. The summed E-state index contributed by atoms with van der Waals surface area (Å²) in [7, 11) is 3.24. The van der Waals surface area contributed by atoms with Crippen LogP contribution in [0, 0.1) is 18.3 Å². The second-order valence-electron chi connectivity index (χ2n) is 3.57. The fourth-order valence-corrected chi connectivity index (χ4v) is 1.93. The second kappa shape index (κ2) is 5.81. The van der Waals surface area contributed by atoms with E-state index in [4.69, 9.17) is 15.9 Å². The van der Waals surface area contributed by atoms with Crippen molar-refractivity contribution < 1.29 is 9.47 Å². The van der Waals surface area contributed by atoms with Gasteiger partial charge in [-0.2, -0.15) is 0 Å². The third kappa shape index (κ3) is 2.93. The molecule has 1 aromatic rings. The van der Waals surface area contributed by atoms with Crippen molar-refractivity contribution in [3.05, 3.63) is 22.2 Å². The van der Waals surface area contributed by atoms with Gasteiger partial charge in [0.15, 0.2) is 11.5 Å². The van der Waals surface area contributed by atoms with Gasteiger partial charge in [0.1, 0.15) is 0 Å². The molecule has 1 atom stereocenters. The normalized spacial score (nSPS) is 11.7. The molecule has 2 nitrogen and oxygen atoms in total. The van der Waals surface area contributed by atoms with Gasteiger partial charge in [-0.1, -0.05) is 22.9 Å². The van der Waals surface area contributed by atoms with E-state index in [0.717, 1.165) is 22.2 Å². The van der Waals surface area contributed by atoms with Crippen LogP contribution in [0.1, 0.15) is 12.5 Å². The van der Waals surface area contributed by atoms with Gasteiger partial charge in [-0.25, -0.2) is 0 Å². The number of hydrogen-bond acceptors (Lipinski definition) is 2. The Bertz CT molecular complexity index is 407. The van der Waals surface area contributed by atoms with E-state index < -0.39 is 0 Å². The van der Waals surface area contributed by atoms with E-state index in [1.807, 2.05) is 19.1 Å². The minimum absolute atomic E-state index is 0.203. The molecule has 0 bridgehead atoms. The van der Waals surface area contributed by atoms with Crippen LogP contribution in [0.3, 0.4) is 0 Å². The summed E-state index contributed by atoms with van der Waals surface area (Å²) < 4.78 is 11.5. The Hall–Kier alpha value is -1.14. The molecule has 0 heterocycles. The fraction of sp³-hybridized carbons (Fsp3) is 0.385. The zero-order chi connectivity index (χ0) is 12.1. The molecule has 86 valence electrons. The molecule has 1 rings (SSSR count). The highest BCUT2D eigenvalue weighted by molar-refractivity contribution is 9.10. The van der Waals surface area contributed by atoms with E-state index in [1.54, 1.807) is 14.2 Å². The van der Waals surface area contributed by atoms with Crippen molar-refractivity contribution in [2.75, 3.05) is 14.2 Å². The van der Waals surface area contributed by atoms with Crippen LogP contribution in [0.15, 0.2) is 16.6 Å². The molecular weight excluding hydrogens is 268 g/mol. The molecule has 0 saturated heterocycles. The summed E-state index contributed by atoms with van der Waals surface area (Å²) in [6, 6.07) is 3.86. The second-order valence-corrected chi connectivity index (χ2v) is 4.42. The van der Waals surface area contributed by atoms with Gasteiger partial charge in [-0.3, -0.25) is 0 Å². The van der Waals surface area contributed by atoms with Crippen LogP contribution in [0.2, 0.25) is 0 Å². The molecule has 0 amide bonds. The van der Waals surface area contributed by atoms with Crippen LogP contribution in [0.4, 0.5) is 0 Å². The number of halogens is 1. The van der Waals surface area contributed by atoms with Gasteiger partial charge < -0.3 is 9.47 Å². The summed E-state index contributed by atoms with van der Waals surface area (Å²) in [6.45, 7) is 2.02. The van der Waals surface area contributed by atoms with Gasteiger partial charge in [0, 0.05) is 10.4 Å². The van der Waals surface area contributed by atoms with Crippen LogP contribution in [0.25, 0.3) is 0 Å². The van der Waals surface area contributed by atoms with E-state index in [0.29, 0.717) is 5.75 Å². The Balaban J connectivity index is 3.07. The van der Waals surface area contributed by atoms with Gasteiger partial charge >= 0.3 is 0 Å². The Morgan fingerprint density at radius 1 is 1.31 bits per heavy atom. The predicted octanol–water partition coefficient (Wildman–Crippen LogP) is 3.28. The van der Waals surface area contributed by atoms with Gasteiger partial charge in [0.2, 0.25) is 0 Å². The molecule has 1 aromatic carbocycles. The Kier molecular flexibility index (Phi) is 4.70. The average Bonchev–Trinajstić information content (AvgIpc) is 2.30. The molecular formula is C13H15BrO2. The number of ether oxygens (including phenoxy) is 2. The summed E-state index contributed by atoms with van der Waals surface area (Å²) in [6.07, 6.45) is 6.19. The maximum absolute atomic E-state index is 5.38. The van der Waals surface area contributed by atoms with Crippen LogP contribution in [-0.2, 0) is 6.42 Å². The quantitative estimate of drug-likeness (QED) is 0.789. The first-order valence-electron chi connectivity index (χ1n) is 4.98.